The van der Waals surface area contributed by atoms with Crippen LogP contribution in [-0.4, -0.2) is 45.9 Å². The molecule has 3 heteroatoms. The molecule has 0 aromatic heterocycles. The first kappa shape index (κ1) is 13.9. The summed E-state index contributed by atoms with van der Waals surface area (Å²) in [6, 6.07) is 0.451. The standard InChI is InChI=1S/C13H27NO2/c1-4-13(3,16)10-14-8-6-5-7-12(14)9-11(2)15/h11-12,15-16H,4-10H2,1-3H3. The number of aliphatic hydroxyl groups excluding tert-OH is 1. The maximum atomic E-state index is 10.1. The van der Waals surface area contributed by atoms with Gasteiger partial charge in [-0.05, 0) is 46.1 Å². The summed E-state index contributed by atoms with van der Waals surface area (Å²) in [7, 11) is 0. The summed E-state index contributed by atoms with van der Waals surface area (Å²) < 4.78 is 0. The van der Waals surface area contributed by atoms with Crippen LogP contribution >= 0.6 is 0 Å². The second-order valence-electron chi connectivity index (χ2n) is 5.56. The third-order valence-electron chi connectivity index (χ3n) is 3.67. The molecule has 2 N–H and O–H groups in total. The van der Waals surface area contributed by atoms with Gasteiger partial charge in [0, 0.05) is 12.6 Å². The van der Waals surface area contributed by atoms with Crippen LogP contribution in [0.15, 0.2) is 0 Å². The van der Waals surface area contributed by atoms with E-state index in [0.29, 0.717) is 6.04 Å². The van der Waals surface area contributed by atoms with Crippen LogP contribution in [-0.2, 0) is 0 Å². The SMILES string of the molecule is CCC(C)(O)CN1CCCCC1CC(C)O. The third kappa shape index (κ3) is 4.40. The van der Waals surface area contributed by atoms with Crippen molar-refractivity contribution in [3.05, 3.63) is 0 Å². The molecule has 3 unspecified atom stereocenters. The van der Waals surface area contributed by atoms with Crippen LogP contribution in [0.2, 0.25) is 0 Å². The van der Waals surface area contributed by atoms with E-state index >= 15 is 0 Å². The average Bonchev–Trinajstić information content (AvgIpc) is 2.20. The fraction of sp³-hybridized carbons (Fsp3) is 1.00. The van der Waals surface area contributed by atoms with Crippen molar-refractivity contribution in [2.24, 2.45) is 0 Å². The number of hydrogen-bond donors (Lipinski definition) is 2. The second-order valence-corrected chi connectivity index (χ2v) is 5.56. The number of nitrogens with zero attached hydrogens (tertiary/aromatic N) is 1. The molecule has 0 aliphatic carbocycles. The first-order valence-electron chi connectivity index (χ1n) is 6.59. The summed E-state index contributed by atoms with van der Waals surface area (Å²) in [6.07, 6.45) is 5.00. The van der Waals surface area contributed by atoms with E-state index in [4.69, 9.17) is 0 Å². The fourth-order valence-corrected chi connectivity index (χ4v) is 2.48. The molecule has 16 heavy (non-hydrogen) atoms. The van der Waals surface area contributed by atoms with Crippen LogP contribution in [0.25, 0.3) is 0 Å². The highest BCUT2D eigenvalue weighted by Gasteiger charge is 2.29. The van der Waals surface area contributed by atoms with Crippen molar-refractivity contribution in [1.29, 1.82) is 0 Å². The molecule has 0 radical (unpaired) electrons. The number of rotatable bonds is 5. The minimum atomic E-state index is -0.589. The Morgan fingerprint density at radius 3 is 2.69 bits per heavy atom. The minimum absolute atomic E-state index is 0.239. The van der Waals surface area contributed by atoms with E-state index < -0.39 is 5.60 Å². The summed E-state index contributed by atoms with van der Waals surface area (Å²) in [5.41, 5.74) is -0.589. The Labute approximate surface area is 99.5 Å². The number of likely N-dealkylation sites (tertiary alicyclic amines) is 1. The van der Waals surface area contributed by atoms with Crippen LogP contribution in [0.1, 0.15) is 52.9 Å². The molecule has 0 bridgehead atoms. The van der Waals surface area contributed by atoms with Crippen LogP contribution in [0, 0.1) is 0 Å². The first-order chi connectivity index (χ1) is 7.44. The number of aliphatic hydroxyl groups is 2. The Bertz CT molecular complexity index is 204. The molecular formula is C13H27NO2. The second kappa shape index (κ2) is 5.99. The highest BCUT2D eigenvalue weighted by atomic mass is 16.3. The maximum Gasteiger partial charge on any atom is 0.0743 e. The molecule has 0 aromatic rings. The van der Waals surface area contributed by atoms with Crippen molar-refractivity contribution in [2.75, 3.05) is 13.1 Å². The third-order valence-corrected chi connectivity index (χ3v) is 3.67. The van der Waals surface area contributed by atoms with Gasteiger partial charge in [0.2, 0.25) is 0 Å². The van der Waals surface area contributed by atoms with Crippen LogP contribution in [0.5, 0.6) is 0 Å². The molecule has 1 saturated heterocycles. The van der Waals surface area contributed by atoms with E-state index in [0.717, 1.165) is 32.4 Å². The number of hydrogen-bond acceptors (Lipinski definition) is 3. The zero-order chi connectivity index (χ0) is 12.2. The first-order valence-corrected chi connectivity index (χ1v) is 6.59. The summed E-state index contributed by atoms with van der Waals surface area (Å²) in [6.45, 7) is 7.58. The largest absolute Gasteiger partial charge is 0.393 e. The average molecular weight is 229 g/mol. The molecule has 1 rings (SSSR count). The number of β-amino-alcohol motifs (C(OH)–C–C–N with tert-alkyl or cyclic N) is 1. The highest BCUT2D eigenvalue weighted by molar-refractivity contribution is 4.84. The Morgan fingerprint density at radius 2 is 2.12 bits per heavy atom. The zero-order valence-corrected chi connectivity index (χ0v) is 10.9. The predicted octanol–water partition coefficient (Wildman–Crippen LogP) is 1.77. The molecular weight excluding hydrogens is 202 g/mol. The topological polar surface area (TPSA) is 43.7 Å². The lowest BCUT2D eigenvalue weighted by Gasteiger charge is -2.40. The van der Waals surface area contributed by atoms with E-state index in [1.807, 2.05) is 20.8 Å². The highest BCUT2D eigenvalue weighted by Crippen LogP contribution is 2.23. The van der Waals surface area contributed by atoms with E-state index in [9.17, 15) is 10.2 Å². The molecule has 1 heterocycles. The molecule has 0 amide bonds. The maximum absolute atomic E-state index is 10.1. The van der Waals surface area contributed by atoms with Gasteiger partial charge in [0.05, 0.1) is 11.7 Å². The lowest BCUT2D eigenvalue weighted by atomic mass is 9.94. The van der Waals surface area contributed by atoms with Crippen molar-refractivity contribution >= 4 is 0 Å². The molecule has 3 atom stereocenters. The van der Waals surface area contributed by atoms with Gasteiger partial charge < -0.3 is 10.2 Å². The predicted molar refractivity (Wildman–Crippen MR) is 66.4 cm³/mol. The summed E-state index contributed by atoms with van der Waals surface area (Å²) >= 11 is 0. The van der Waals surface area contributed by atoms with Gasteiger partial charge >= 0.3 is 0 Å². The van der Waals surface area contributed by atoms with Crippen LogP contribution < -0.4 is 0 Å². The van der Waals surface area contributed by atoms with E-state index in [2.05, 4.69) is 4.90 Å². The van der Waals surface area contributed by atoms with Gasteiger partial charge in [-0.25, -0.2) is 0 Å². The van der Waals surface area contributed by atoms with Crippen molar-refractivity contribution < 1.29 is 10.2 Å². The number of piperidine rings is 1. The van der Waals surface area contributed by atoms with Gasteiger partial charge in [-0.1, -0.05) is 13.3 Å². The van der Waals surface area contributed by atoms with Crippen molar-refractivity contribution in [3.63, 3.8) is 0 Å². The van der Waals surface area contributed by atoms with Crippen molar-refractivity contribution in [3.8, 4) is 0 Å². The minimum Gasteiger partial charge on any atom is -0.393 e. The van der Waals surface area contributed by atoms with Gasteiger partial charge in [0.15, 0.2) is 0 Å². The quantitative estimate of drug-likeness (QED) is 0.755. The molecule has 3 nitrogen and oxygen atoms in total. The van der Waals surface area contributed by atoms with Crippen LogP contribution in [0.3, 0.4) is 0 Å². The molecule has 1 aliphatic heterocycles. The molecule has 1 fully saturated rings. The van der Waals surface area contributed by atoms with Gasteiger partial charge in [0.25, 0.3) is 0 Å². The van der Waals surface area contributed by atoms with Gasteiger partial charge in [0.1, 0.15) is 0 Å². The summed E-state index contributed by atoms with van der Waals surface area (Å²) in [5.74, 6) is 0. The molecule has 0 saturated carbocycles. The lowest BCUT2D eigenvalue weighted by molar-refractivity contribution is -0.0147. The fourth-order valence-electron chi connectivity index (χ4n) is 2.48. The monoisotopic (exact) mass is 229 g/mol. The van der Waals surface area contributed by atoms with E-state index in [1.54, 1.807) is 0 Å². The van der Waals surface area contributed by atoms with Gasteiger partial charge in [-0.3, -0.25) is 4.90 Å². The lowest BCUT2D eigenvalue weighted by Crippen LogP contribution is -2.48. The molecule has 0 aromatic carbocycles. The summed E-state index contributed by atoms with van der Waals surface area (Å²) in [4.78, 5) is 2.36. The van der Waals surface area contributed by atoms with E-state index in [1.165, 1.54) is 12.8 Å². The Kier molecular flexibility index (Phi) is 5.22. The Morgan fingerprint density at radius 1 is 1.44 bits per heavy atom. The van der Waals surface area contributed by atoms with E-state index in [-0.39, 0.29) is 6.10 Å². The normalized spacial score (nSPS) is 28.7. The molecule has 1 aliphatic rings. The van der Waals surface area contributed by atoms with Gasteiger partial charge in [-0.2, -0.15) is 0 Å². The Balaban J connectivity index is 2.53. The smallest absolute Gasteiger partial charge is 0.0743 e. The Hall–Kier alpha value is -0.120. The zero-order valence-electron chi connectivity index (χ0n) is 10.9. The van der Waals surface area contributed by atoms with Crippen molar-refractivity contribution in [2.45, 2.75) is 70.6 Å². The molecule has 0 spiro atoms. The van der Waals surface area contributed by atoms with Gasteiger partial charge in [-0.15, -0.1) is 0 Å². The summed E-state index contributed by atoms with van der Waals surface area (Å²) in [5, 5.41) is 19.6. The molecule has 96 valence electrons. The van der Waals surface area contributed by atoms with Crippen LogP contribution in [0.4, 0.5) is 0 Å². The van der Waals surface area contributed by atoms with Crippen molar-refractivity contribution in [1.82, 2.24) is 4.90 Å².